The van der Waals surface area contributed by atoms with E-state index in [9.17, 15) is 0 Å². The molecule has 2 rings (SSSR count). The third-order valence-electron chi connectivity index (χ3n) is 2.07. The highest BCUT2D eigenvalue weighted by Gasteiger charge is 2.11. The Morgan fingerprint density at radius 1 is 1.57 bits per heavy atom. The van der Waals surface area contributed by atoms with Crippen LogP contribution in [0.15, 0.2) is 34.3 Å². The van der Waals surface area contributed by atoms with Gasteiger partial charge in [-0.3, -0.25) is 0 Å². The standard InChI is InChI=1S/C11H11BrOS/c1-8-5-9(7-13-8)11(12)6-10-3-2-4-14-10/h2-5,7,11H,6H2,1H3. The lowest BCUT2D eigenvalue weighted by Crippen LogP contribution is -1.90. The summed E-state index contributed by atoms with van der Waals surface area (Å²) in [6.45, 7) is 1.97. The molecule has 2 aromatic rings. The number of hydrogen-bond donors (Lipinski definition) is 0. The van der Waals surface area contributed by atoms with Gasteiger partial charge in [0, 0.05) is 15.3 Å². The summed E-state index contributed by atoms with van der Waals surface area (Å²) in [6, 6.07) is 6.32. The van der Waals surface area contributed by atoms with Gasteiger partial charge in [-0.15, -0.1) is 11.3 Å². The minimum Gasteiger partial charge on any atom is -0.469 e. The van der Waals surface area contributed by atoms with Crippen LogP contribution in [-0.4, -0.2) is 0 Å². The van der Waals surface area contributed by atoms with Crippen molar-refractivity contribution < 1.29 is 4.42 Å². The lowest BCUT2D eigenvalue weighted by Gasteiger charge is -2.04. The summed E-state index contributed by atoms with van der Waals surface area (Å²) in [5.41, 5.74) is 1.22. The molecule has 2 aromatic heterocycles. The van der Waals surface area contributed by atoms with E-state index in [1.54, 1.807) is 11.3 Å². The van der Waals surface area contributed by atoms with Gasteiger partial charge in [-0.25, -0.2) is 0 Å². The molecule has 1 atom stereocenters. The van der Waals surface area contributed by atoms with Crippen LogP contribution in [0.25, 0.3) is 0 Å². The van der Waals surface area contributed by atoms with Crippen molar-refractivity contribution in [3.8, 4) is 0 Å². The minimum atomic E-state index is 0.360. The van der Waals surface area contributed by atoms with E-state index in [0.29, 0.717) is 4.83 Å². The average Bonchev–Trinajstić information content (AvgIpc) is 2.75. The molecule has 1 nitrogen and oxygen atoms in total. The van der Waals surface area contributed by atoms with Crippen LogP contribution in [0.1, 0.15) is 21.0 Å². The molecule has 0 radical (unpaired) electrons. The Balaban J connectivity index is 2.06. The van der Waals surface area contributed by atoms with Crippen molar-refractivity contribution in [1.29, 1.82) is 0 Å². The number of hydrogen-bond acceptors (Lipinski definition) is 2. The molecule has 0 fully saturated rings. The number of alkyl halides is 1. The normalized spacial score (nSPS) is 13.0. The molecule has 0 saturated carbocycles. The highest BCUT2D eigenvalue weighted by atomic mass is 79.9. The number of thiophene rings is 1. The first kappa shape index (κ1) is 9.99. The minimum absolute atomic E-state index is 0.360. The van der Waals surface area contributed by atoms with Gasteiger partial charge in [0.2, 0.25) is 0 Å². The van der Waals surface area contributed by atoms with Crippen LogP contribution in [0.4, 0.5) is 0 Å². The molecule has 0 saturated heterocycles. The van der Waals surface area contributed by atoms with E-state index in [0.717, 1.165) is 12.2 Å². The Bertz CT molecular complexity index is 391. The van der Waals surface area contributed by atoms with Crippen LogP contribution >= 0.6 is 27.3 Å². The quantitative estimate of drug-likeness (QED) is 0.757. The first-order chi connectivity index (χ1) is 6.75. The maximum Gasteiger partial charge on any atom is 0.101 e. The summed E-state index contributed by atoms with van der Waals surface area (Å²) >= 11 is 5.46. The third-order valence-corrected chi connectivity index (χ3v) is 3.82. The molecule has 0 bridgehead atoms. The fraction of sp³-hybridized carbons (Fsp3) is 0.273. The molecular weight excluding hydrogens is 260 g/mol. The predicted octanol–water partition coefficient (Wildman–Crippen LogP) is 4.33. The predicted molar refractivity (Wildman–Crippen MR) is 63.1 cm³/mol. The number of aryl methyl sites for hydroxylation is 1. The van der Waals surface area contributed by atoms with E-state index in [2.05, 4.69) is 39.5 Å². The van der Waals surface area contributed by atoms with Crippen LogP contribution < -0.4 is 0 Å². The van der Waals surface area contributed by atoms with Crippen molar-refractivity contribution in [2.45, 2.75) is 18.2 Å². The molecule has 14 heavy (non-hydrogen) atoms. The summed E-state index contributed by atoms with van der Waals surface area (Å²) in [5, 5.41) is 2.11. The molecule has 0 aliphatic carbocycles. The first-order valence-corrected chi connectivity index (χ1v) is 6.27. The average molecular weight is 271 g/mol. The number of furan rings is 1. The summed E-state index contributed by atoms with van der Waals surface area (Å²) < 4.78 is 5.28. The SMILES string of the molecule is Cc1cc(C(Br)Cc2cccs2)co1. The van der Waals surface area contributed by atoms with Crippen molar-refractivity contribution in [3.05, 3.63) is 46.0 Å². The summed E-state index contributed by atoms with van der Waals surface area (Å²) in [6.07, 6.45) is 2.85. The lowest BCUT2D eigenvalue weighted by molar-refractivity contribution is 0.531. The highest BCUT2D eigenvalue weighted by molar-refractivity contribution is 9.09. The summed E-state index contributed by atoms with van der Waals surface area (Å²) in [4.78, 5) is 1.75. The zero-order chi connectivity index (χ0) is 9.97. The Morgan fingerprint density at radius 3 is 3.00 bits per heavy atom. The van der Waals surface area contributed by atoms with E-state index in [4.69, 9.17) is 4.42 Å². The van der Waals surface area contributed by atoms with Gasteiger partial charge in [0.15, 0.2) is 0 Å². The van der Waals surface area contributed by atoms with Gasteiger partial charge in [-0.05, 0) is 30.9 Å². The maximum absolute atomic E-state index is 5.28. The van der Waals surface area contributed by atoms with Gasteiger partial charge in [0.1, 0.15) is 5.76 Å². The van der Waals surface area contributed by atoms with E-state index < -0.39 is 0 Å². The molecule has 0 N–H and O–H groups in total. The van der Waals surface area contributed by atoms with Gasteiger partial charge < -0.3 is 4.42 Å². The van der Waals surface area contributed by atoms with E-state index in [1.807, 2.05) is 13.2 Å². The molecule has 1 unspecified atom stereocenters. The number of rotatable bonds is 3. The fourth-order valence-corrected chi connectivity index (χ4v) is 2.91. The molecule has 0 amide bonds. The molecule has 74 valence electrons. The highest BCUT2D eigenvalue weighted by Crippen LogP contribution is 2.29. The molecular formula is C11H11BrOS. The fourth-order valence-electron chi connectivity index (χ4n) is 1.35. The molecule has 3 heteroatoms. The monoisotopic (exact) mass is 270 g/mol. The molecule has 0 aliphatic rings. The Hall–Kier alpha value is -0.540. The van der Waals surface area contributed by atoms with Gasteiger partial charge in [0.25, 0.3) is 0 Å². The van der Waals surface area contributed by atoms with E-state index in [-0.39, 0.29) is 0 Å². The van der Waals surface area contributed by atoms with Crippen LogP contribution in [-0.2, 0) is 6.42 Å². The van der Waals surface area contributed by atoms with Crippen molar-refractivity contribution in [2.75, 3.05) is 0 Å². The van der Waals surface area contributed by atoms with Crippen LogP contribution in [0.5, 0.6) is 0 Å². The van der Waals surface area contributed by atoms with Gasteiger partial charge in [-0.1, -0.05) is 22.0 Å². The Kier molecular flexibility index (Phi) is 3.08. The lowest BCUT2D eigenvalue weighted by atomic mass is 10.1. The summed E-state index contributed by atoms with van der Waals surface area (Å²) in [5.74, 6) is 0.968. The molecule has 0 spiro atoms. The van der Waals surface area contributed by atoms with E-state index >= 15 is 0 Å². The zero-order valence-corrected chi connectivity index (χ0v) is 10.3. The van der Waals surface area contributed by atoms with Crippen LogP contribution in [0.3, 0.4) is 0 Å². The second kappa shape index (κ2) is 4.32. The van der Waals surface area contributed by atoms with Gasteiger partial charge in [0.05, 0.1) is 6.26 Å². The zero-order valence-electron chi connectivity index (χ0n) is 7.87. The molecule has 2 heterocycles. The van der Waals surface area contributed by atoms with Crippen LogP contribution in [0.2, 0.25) is 0 Å². The van der Waals surface area contributed by atoms with E-state index in [1.165, 1.54) is 10.4 Å². The van der Waals surface area contributed by atoms with Crippen LogP contribution in [0, 0.1) is 6.92 Å². The summed E-state index contributed by atoms with van der Waals surface area (Å²) in [7, 11) is 0. The second-order valence-corrected chi connectivity index (χ2v) is 5.38. The number of halogens is 1. The Morgan fingerprint density at radius 2 is 2.43 bits per heavy atom. The topological polar surface area (TPSA) is 13.1 Å². The maximum atomic E-state index is 5.28. The molecule has 0 aliphatic heterocycles. The van der Waals surface area contributed by atoms with Crippen molar-refractivity contribution >= 4 is 27.3 Å². The van der Waals surface area contributed by atoms with Gasteiger partial charge in [-0.2, -0.15) is 0 Å². The van der Waals surface area contributed by atoms with Crippen molar-refractivity contribution in [1.82, 2.24) is 0 Å². The molecule has 0 aromatic carbocycles. The third kappa shape index (κ3) is 2.28. The largest absolute Gasteiger partial charge is 0.469 e. The van der Waals surface area contributed by atoms with Crippen molar-refractivity contribution in [2.24, 2.45) is 0 Å². The smallest absolute Gasteiger partial charge is 0.101 e. The van der Waals surface area contributed by atoms with Gasteiger partial charge >= 0.3 is 0 Å². The Labute approximate surface area is 95.9 Å². The second-order valence-electron chi connectivity index (χ2n) is 3.24. The van der Waals surface area contributed by atoms with Crippen molar-refractivity contribution in [3.63, 3.8) is 0 Å². The first-order valence-electron chi connectivity index (χ1n) is 4.47.